The number of anilines is 1. The normalized spacial score (nSPS) is 18.2. The SMILES string of the molecule is Cc1ccc(CNC(=O)c2cnn3c2N[C@@H](c2ccc(C)cc2)C[C@H]3C(F)(F)F)cc1. The zero-order valence-corrected chi connectivity index (χ0v) is 17.2. The molecule has 5 nitrogen and oxygen atoms in total. The van der Waals surface area contributed by atoms with E-state index in [1.54, 1.807) is 0 Å². The van der Waals surface area contributed by atoms with Gasteiger partial charge in [-0.05, 0) is 25.0 Å². The first kappa shape index (κ1) is 21.0. The zero-order chi connectivity index (χ0) is 22.2. The van der Waals surface area contributed by atoms with Gasteiger partial charge in [-0.3, -0.25) is 4.79 Å². The highest BCUT2D eigenvalue weighted by molar-refractivity contribution is 5.98. The monoisotopic (exact) mass is 428 g/mol. The molecule has 0 unspecified atom stereocenters. The van der Waals surface area contributed by atoms with Gasteiger partial charge in [0.05, 0.1) is 12.2 Å². The third kappa shape index (κ3) is 4.42. The number of nitrogens with one attached hydrogen (secondary N) is 2. The minimum Gasteiger partial charge on any atom is -0.363 e. The van der Waals surface area contributed by atoms with Crippen LogP contribution in [0, 0.1) is 13.8 Å². The molecule has 0 aliphatic carbocycles. The van der Waals surface area contributed by atoms with Gasteiger partial charge >= 0.3 is 6.18 Å². The molecule has 162 valence electrons. The molecule has 1 aliphatic heterocycles. The van der Waals surface area contributed by atoms with Crippen molar-refractivity contribution >= 4 is 11.7 Å². The van der Waals surface area contributed by atoms with Gasteiger partial charge in [0.2, 0.25) is 0 Å². The number of hydrogen-bond donors (Lipinski definition) is 2. The van der Waals surface area contributed by atoms with E-state index in [4.69, 9.17) is 0 Å². The highest BCUT2D eigenvalue weighted by Gasteiger charge is 2.47. The molecule has 4 rings (SSSR count). The molecular formula is C23H23F3N4O. The lowest BCUT2D eigenvalue weighted by Gasteiger charge is -2.34. The minimum absolute atomic E-state index is 0.0838. The molecular weight excluding hydrogens is 405 g/mol. The third-order valence-corrected chi connectivity index (χ3v) is 5.54. The summed E-state index contributed by atoms with van der Waals surface area (Å²) in [6.45, 7) is 4.16. The highest BCUT2D eigenvalue weighted by Crippen LogP contribution is 2.44. The summed E-state index contributed by atoms with van der Waals surface area (Å²) < 4.78 is 42.3. The molecule has 0 saturated heterocycles. The molecule has 2 N–H and O–H groups in total. The number of carbonyl (C=O) groups excluding carboxylic acids is 1. The summed E-state index contributed by atoms with van der Waals surface area (Å²) >= 11 is 0. The topological polar surface area (TPSA) is 59.0 Å². The Morgan fingerprint density at radius 3 is 2.32 bits per heavy atom. The predicted octanol–water partition coefficient (Wildman–Crippen LogP) is 5.09. The van der Waals surface area contributed by atoms with Gasteiger partial charge in [0.1, 0.15) is 11.4 Å². The Labute approximate surface area is 178 Å². The van der Waals surface area contributed by atoms with Crippen molar-refractivity contribution in [1.82, 2.24) is 15.1 Å². The van der Waals surface area contributed by atoms with Gasteiger partial charge in [0, 0.05) is 13.0 Å². The van der Waals surface area contributed by atoms with Crippen LogP contribution in [-0.2, 0) is 6.54 Å². The molecule has 0 radical (unpaired) electrons. The second-order valence-corrected chi connectivity index (χ2v) is 7.92. The molecule has 1 aliphatic rings. The summed E-state index contributed by atoms with van der Waals surface area (Å²) in [7, 11) is 0. The van der Waals surface area contributed by atoms with E-state index in [-0.39, 0.29) is 24.3 Å². The first-order valence-electron chi connectivity index (χ1n) is 10.0. The predicted molar refractivity (Wildman–Crippen MR) is 112 cm³/mol. The Hall–Kier alpha value is -3.29. The van der Waals surface area contributed by atoms with E-state index in [1.807, 2.05) is 62.4 Å². The number of benzene rings is 2. The van der Waals surface area contributed by atoms with E-state index in [0.29, 0.717) is 0 Å². The van der Waals surface area contributed by atoms with Gasteiger partial charge in [-0.15, -0.1) is 0 Å². The molecule has 0 bridgehead atoms. The largest absolute Gasteiger partial charge is 0.410 e. The van der Waals surface area contributed by atoms with Crippen molar-refractivity contribution in [3.05, 3.63) is 82.5 Å². The summed E-state index contributed by atoms with van der Waals surface area (Å²) in [6, 6.07) is 12.6. The van der Waals surface area contributed by atoms with Crippen molar-refractivity contribution in [3.8, 4) is 0 Å². The molecule has 3 aromatic rings. The number of amides is 1. The van der Waals surface area contributed by atoms with Crippen LogP contribution in [0.5, 0.6) is 0 Å². The molecule has 2 atom stereocenters. The fraction of sp³-hybridized carbons (Fsp3) is 0.304. The quantitative estimate of drug-likeness (QED) is 0.609. The van der Waals surface area contributed by atoms with Gasteiger partial charge in [-0.25, -0.2) is 4.68 Å². The molecule has 2 aromatic carbocycles. The number of alkyl halides is 3. The highest BCUT2D eigenvalue weighted by atomic mass is 19.4. The number of carbonyl (C=O) groups is 1. The number of aryl methyl sites for hydroxylation is 2. The van der Waals surface area contributed by atoms with Crippen molar-refractivity contribution < 1.29 is 18.0 Å². The molecule has 1 amide bonds. The number of rotatable bonds is 4. The Morgan fingerprint density at radius 1 is 1.10 bits per heavy atom. The van der Waals surface area contributed by atoms with Crippen LogP contribution in [0.15, 0.2) is 54.7 Å². The molecule has 8 heteroatoms. The van der Waals surface area contributed by atoms with Crippen LogP contribution in [0.1, 0.15) is 51.1 Å². The van der Waals surface area contributed by atoms with Crippen LogP contribution < -0.4 is 10.6 Å². The van der Waals surface area contributed by atoms with Crippen LogP contribution in [0.2, 0.25) is 0 Å². The Kier molecular flexibility index (Phi) is 5.47. The lowest BCUT2D eigenvalue weighted by atomic mass is 9.96. The van der Waals surface area contributed by atoms with Crippen molar-refractivity contribution in [2.45, 2.75) is 45.1 Å². The standard InChI is InChI=1S/C23H23F3N4O/c1-14-3-7-16(8-4-14)12-27-22(31)18-13-28-30-20(23(24,25)26)11-19(29-21(18)30)17-9-5-15(2)6-10-17/h3-10,13,19-20,29H,11-12H2,1-2H3,(H,27,31)/t19-,20+/m1/s1. The van der Waals surface area contributed by atoms with Crippen molar-refractivity contribution in [1.29, 1.82) is 0 Å². The second-order valence-electron chi connectivity index (χ2n) is 7.92. The van der Waals surface area contributed by atoms with E-state index in [2.05, 4.69) is 15.7 Å². The number of hydrogen-bond acceptors (Lipinski definition) is 3. The maximum absolute atomic E-state index is 13.8. The number of halogens is 3. The van der Waals surface area contributed by atoms with E-state index >= 15 is 0 Å². The maximum atomic E-state index is 13.8. The summed E-state index contributed by atoms with van der Waals surface area (Å²) in [6.07, 6.45) is -3.49. The van der Waals surface area contributed by atoms with E-state index in [0.717, 1.165) is 26.9 Å². The summed E-state index contributed by atoms with van der Waals surface area (Å²) in [5.41, 5.74) is 3.86. The number of fused-ring (bicyclic) bond motifs is 1. The van der Waals surface area contributed by atoms with Gasteiger partial charge in [-0.2, -0.15) is 18.3 Å². The minimum atomic E-state index is -4.48. The van der Waals surface area contributed by atoms with E-state index < -0.39 is 24.2 Å². The number of nitrogens with zero attached hydrogens (tertiary/aromatic N) is 2. The van der Waals surface area contributed by atoms with E-state index in [1.165, 1.54) is 6.20 Å². The lowest BCUT2D eigenvalue weighted by Crippen LogP contribution is -2.36. The Balaban J connectivity index is 1.60. The average molecular weight is 428 g/mol. The smallest absolute Gasteiger partial charge is 0.363 e. The summed E-state index contributed by atoms with van der Waals surface area (Å²) in [5, 5.41) is 9.79. The lowest BCUT2D eigenvalue weighted by molar-refractivity contribution is -0.173. The molecule has 2 heterocycles. The van der Waals surface area contributed by atoms with Gasteiger partial charge in [0.25, 0.3) is 5.91 Å². The van der Waals surface area contributed by atoms with Crippen LogP contribution >= 0.6 is 0 Å². The third-order valence-electron chi connectivity index (χ3n) is 5.54. The van der Waals surface area contributed by atoms with Crippen molar-refractivity contribution in [2.24, 2.45) is 0 Å². The summed E-state index contributed by atoms with van der Waals surface area (Å²) in [4.78, 5) is 12.8. The van der Waals surface area contributed by atoms with Gasteiger partial charge in [-0.1, -0.05) is 59.7 Å². The second kappa shape index (κ2) is 8.09. The number of aromatic nitrogens is 2. The van der Waals surface area contributed by atoms with Gasteiger partial charge in [0.15, 0.2) is 6.04 Å². The van der Waals surface area contributed by atoms with Crippen molar-refractivity contribution in [2.75, 3.05) is 5.32 Å². The van der Waals surface area contributed by atoms with Crippen LogP contribution in [0.25, 0.3) is 0 Å². The molecule has 31 heavy (non-hydrogen) atoms. The first-order valence-corrected chi connectivity index (χ1v) is 10.0. The molecule has 1 aromatic heterocycles. The first-order chi connectivity index (χ1) is 14.7. The fourth-order valence-electron chi connectivity index (χ4n) is 3.73. The Morgan fingerprint density at radius 2 is 1.71 bits per heavy atom. The fourth-order valence-corrected chi connectivity index (χ4v) is 3.73. The van der Waals surface area contributed by atoms with Crippen molar-refractivity contribution in [3.63, 3.8) is 0 Å². The Bertz CT molecular complexity index is 1070. The van der Waals surface area contributed by atoms with Crippen LogP contribution in [0.4, 0.5) is 19.0 Å². The summed E-state index contributed by atoms with van der Waals surface area (Å²) in [5.74, 6) is -0.389. The van der Waals surface area contributed by atoms with Gasteiger partial charge < -0.3 is 10.6 Å². The maximum Gasteiger partial charge on any atom is 0.410 e. The molecule has 0 saturated carbocycles. The zero-order valence-electron chi connectivity index (χ0n) is 17.2. The van der Waals surface area contributed by atoms with E-state index in [9.17, 15) is 18.0 Å². The van der Waals surface area contributed by atoms with Crippen LogP contribution in [-0.4, -0.2) is 21.9 Å². The average Bonchev–Trinajstić information content (AvgIpc) is 3.16. The molecule has 0 fully saturated rings. The van der Waals surface area contributed by atoms with Crippen LogP contribution in [0.3, 0.4) is 0 Å². The molecule has 0 spiro atoms.